The number of amides is 1. The number of ether oxygens (including phenoxy) is 1. The second-order valence-electron chi connectivity index (χ2n) is 8.03. The van der Waals surface area contributed by atoms with Crippen molar-refractivity contribution in [3.8, 4) is 0 Å². The maximum Gasteiger partial charge on any atom is 0.410 e. The highest BCUT2D eigenvalue weighted by Gasteiger charge is 2.27. The summed E-state index contributed by atoms with van der Waals surface area (Å²) in [5.41, 5.74) is 3.03. The van der Waals surface area contributed by atoms with E-state index in [1.54, 1.807) is 16.5 Å². The number of aromatic nitrogens is 3. The molecule has 1 fully saturated rings. The van der Waals surface area contributed by atoms with Crippen LogP contribution >= 0.6 is 0 Å². The topological polar surface area (TPSA) is 80.2 Å². The lowest BCUT2D eigenvalue weighted by molar-refractivity contribution is 0.0867. The second kappa shape index (κ2) is 7.91. The number of H-pyrrole nitrogens is 1. The Balaban J connectivity index is 1.30. The average molecular weight is 416 g/mol. The Kier molecular flexibility index (Phi) is 4.94. The van der Waals surface area contributed by atoms with E-state index in [2.05, 4.69) is 4.98 Å². The van der Waals surface area contributed by atoms with Crippen molar-refractivity contribution in [2.75, 3.05) is 13.1 Å². The number of aromatic amines is 1. The molecule has 3 heterocycles. The Morgan fingerprint density at radius 2 is 1.81 bits per heavy atom. The standard InChI is InChI=1S/C24H24N4O3/c1-27-19-10-6-5-9-18(19)20-21(23(27)29)26-22(25-20)17-11-13-28(14-12-17)24(30)31-15-16-7-3-2-4-8-16/h2-10,17H,11-15H2,1H3,(H,25,26). The van der Waals surface area contributed by atoms with Crippen LogP contribution in [0.3, 0.4) is 0 Å². The third-order valence-corrected chi connectivity index (χ3v) is 6.11. The number of para-hydroxylation sites is 1. The number of hydrogen-bond acceptors (Lipinski definition) is 4. The number of nitrogens with zero attached hydrogens (tertiary/aromatic N) is 3. The Morgan fingerprint density at radius 1 is 1.10 bits per heavy atom. The van der Waals surface area contributed by atoms with Crippen molar-refractivity contribution in [3.63, 3.8) is 0 Å². The van der Waals surface area contributed by atoms with Crippen molar-refractivity contribution < 1.29 is 9.53 Å². The molecule has 2 aromatic heterocycles. The van der Waals surface area contributed by atoms with Gasteiger partial charge in [0.2, 0.25) is 0 Å². The van der Waals surface area contributed by atoms with Crippen LogP contribution in [0.2, 0.25) is 0 Å². The predicted molar refractivity (Wildman–Crippen MR) is 119 cm³/mol. The van der Waals surface area contributed by atoms with Crippen molar-refractivity contribution in [1.29, 1.82) is 0 Å². The molecule has 1 aliphatic heterocycles. The van der Waals surface area contributed by atoms with Gasteiger partial charge in [0, 0.05) is 31.4 Å². The van der Waals surface area contributed by atoms with E-state index < -0.39 is 0 Å². The number of hydrogen-bond donors (Lipinski definition) is 1. The first-order valence-corrected chi connectivity index (χ1v) is 10.5. The molecule has 0 atom stereocenters. The van der Waals surface area contributed by atoms with E-state index in [4.69, 9.17) is 9.72 Å². The summed E-state index contributed by atoms with van der Waals surface area (Å²) in [6.07, 6.45) is 1.27. The lowest BCUT2D eigenvalue weighted by Gasteiger charge is -2.30. The lowest BCUT2D eigenvalue weighted by Crippen LogP contribution is -2.38. The summed E-state index contributed by atoms with van der Waals surface area (Å²) in [5.74, 6) is 0.995. The molecule has 7 heteroatoms. The van der Waals surface area contributed by atoms with Gasteiger partial charge in [0.1, 0.15) is 23.5 Å². The lowest BCUT2D eigenvalue weighted by atomic mass is 9.96. The summed E-state index contributed by atoms with van der Waals surface area (Å²) >= 11 is 0. The first kappa shape index (κ1) is 19.4. The van der Waals surface area contributed by atoms with E-state index in [9.17, 15) is 9.59 Å². The number of carbonyl (C=O) groups excluding carboxylic acids is 1. The molecule has 0 saturated carbocycles. The maximum absolute atomic E-state index is 12.8. The molecule has 1 aliphatic rings. The number of aryl methyl sites for hydroxylation is 1. The molecule has 4 aromatic rings. The summed E-state index contributed by atoms with van der Waals surface area (Å²) in [6.45, 7) is 1.49. The molecule has 0 spiro atoms. The molecule has 0 radical (unpaired) electrons. The van der Waals surface area contributed by atoms with Crippen LogP contribution in [0.4, 0.5) is 4.79 Å². The van der Waals surface area contributed by atoms with Crippen LogP contribution in [0.25, 0.3) is 21.9 Å². The SMILES string of the molecule is Cn1c(=O)c2[nH]c(C3CCN(C(=O)OCc4ccccc4)CC3)nc2c2ccccc21. The number of carbonyl (C=O) groups is 1. The van der Waals surface area contributed by atoms with Crippen LogP contribution < -0.4 is 5.56 Å². The number of likely N-dealkylation sites (tertiary alicyclic amines) is 1. The minimum absolute atomic E-state index is 0.0747. The molecule has 1 N–H and O–H groups in total. The monoisotopic (exact) mass is 416 g/mol. The fourth-order valence-corrected chi connectivity index (χ4v) is 4.32. The van der Waals surface area contributed by atoms with Gasteiger partial charge in [0.05, 0.1) is 5.52 Å². The van der Waals surface area contributed by atoms with Crippen LogP contribution in [-0.4, -0.2) is 38.6 Å². The molecular weight excluding hydrogens is 392 g/mol. The minimum atomic E-state index is -0.285. The van der Waals surface area contributed by atoms with E-state index in [-0.39, 0.29) is 24.2 Å². The van der Waals surface area contributed by atoms with Crippen molar-refractivity contribution >= 4 is 28.0 Å². The Labute approximate surface area is 179 Å². The van der Waals surface area contributed by atoms with Crippen LogP contribution in [-0.2, 0) is 18.4 Å². The van der Waals surface area contributed by atoms with Gasteiger partial charge >= 0.3 is 6.09 Å². The number of benzene rings is 2. The van der Waals surface area contributed by atoms with Crippen molar-refractivity contribution in [2.24, 2.45) is 7.05 Å². The molecule has 31 heavy (non-hydrogen) atoms. The highest BCUT2D eigenvalue weighted by Crippen LogP contribution is 2.29. The number of piperidine rings is 1. The van der Waals surface area contributed by atoms with E-state index in [1.165, 1.54) is 0 Å². The van der Waals surface area contributed by atoms with Crippen LogP contribution in [0.5, 0.6) is 0 Å². The van der Waals surface area contributed by atoms with Crippen LogP contribution in [0.1, 0.15) is 30.1 Å². The first-order chi connectivity index (χ1) is 15.1. The average Bonchev–Trinajstić information content (AvgIpc) is 3.28. The number of fused-ring (bicyclic) bond motifs is 3. The zero-order valence-corrected chi connectivity index (χ0v) is 17.4. The largest absolute Gasteiger partial charge is 0.445 e. The molecule has 1 amide bonds. The summed E-state index contributed by atoms with van der Waals surface area (Å²) in [7, 11) is 1.78. The molecule has 2 aromatic carbocycles. The van der Waals surface area contributed by atoms with Crippen molar-refractivity contribution in [1.82, 2.24) is 19.4 Å². The number of imidazole rings is 1. The predicted octanol–water partition coefficient (Wildman–Crippen LogP) is 3.93. The summed E-state index contributed by atoms with van der Waals surface area (Å²) in [6, 6.07) is 17.5. The first-order valence-electron chi connectivity index (χ1n) is 10.5. The zero-order valence-electron chi connectivity index (χ0n) is 17.4. The third kappa shape index (κ3) is 3.56. The van der Waals surface area contributed by atoms with Crippen LogP contribution in [0.15, 0.2) is 59.4 Å². The van der Waals surface area contributed by atoms with Gasteiger partial charge in [0.25, 0.3) is 5.56 Å². The fraction of sp³-hybridized carbons (Fsp3) is 0.292. The minimum Gasteiger partial charge on any atom is -0.445 e. The summed E-state index contributed by atoms with van der Waals surface area (Å²) < 4.78 is 7.11. The number of pyridine rings is 1. The van der Waals surface area contributed by atoms with Gasteiger partial charge in [-0.15, -0.1) is 0 Å². The maximum atomic E-state index is 12.8. The zero-order chi connectivity index (χ0) is 21.4. The van der Waals surface area contributed by atoms with E-state index in [1.807, 2.05) is 54.6 Å². The van der Waals surface area contributed by atoms with Gasteiger partial charge in [-0.3, -0.25) is 4.79 Å². The molecule has 0 unspecified atom stereocenters. The third-order valence-electron chi connectivity index (χ3n) is 6.11. The Bertz CT molecular complexity index is 1300. The van der Waals surface area contributed by atoms with Gasteiger partial charge in [-0.25, -0.2) is 9.78 Å². The van der Waals surface area contributed by atoms with Gasteiger partial charge < -0.3 is 19.2 Å². The van der Waals surface area contributed by atoms with E-state index in [0.717, 1.165) is 40.6 Å². The fourth-order valence-electron chi connectivity index (χ4n) is 4.32. The Hall–Kier alpha value is -3.61. The molecule has 0 bridgehead atoms. The quantitative estimate of drug-likeness (QED) is 0.549. The molecule has 5 rings (SSSR count). The number of rotatable bonds is 3. The van der Waals surface area contributed by atoms with Gasteiger partial charge in [-0.05, 0) is 24.5 Å². The highest BCUT2D eigenvalue weighted by molar-refractivity contribution is 6.02. The van der Waals surface area contributed by atoms with Crippen molar-refractivity contribution in [3.05, 3.63) is 76.3 Å². The second-order valence-corrected chi connectivity index (χ2v) is 8.03. The van der Waals surface area contributed by atoms with Crippen LogP contribution in [0, 0.1) is 0 Å². The van der Waals surface area contributed by atoms with Gasteiger partial charge in [-0.2, -0.15) is 0 Å². The van der Waals surface area contributed by atoms with Gasteiger partial charge in [0.15, 0.2) is 0 Å². The molecule has 158 valence electrons. The Morgan fingerprint density at radius 3 is 2.58 bits per heavy atom. The van der Waals surface area contributed by atoms with Gasteiger partial charge in [-0.1, -0.05) is 48.5 Å². The molecule has 0 aliphatic carbocycles. The highest BCUT2D eigenvalue weighted by atomic mass is 16.6. The normalized spacial score (nSPS) is 14.9. The molecular formula is C24H24N4O3. The summed E-state index contributed by atoms with van der Waals surface area (Å²) in [5, 5.41) is 0.962. The van der Waals surface area contributed by atoms with E-state index in [0.29, 0.717) is 18.6 Å². The van der Waals surface area contributed by atoms with E-state index >= 15 is 0 Å². The smallest absolute Gasteiger partial charge is 0.410 e. The number of nitrogens with one attached hydrogen (secondary N) is 1. The summed E-state index contributed by atoms with van der Waals surface area (Å²) in [4.78, 5) is 35.0. The van der Waals surface area contributed by atoms with Crippen molar-refractivity contribution in [2.45, 2.75) is 25.4 Å². The molecule has 1 saturated heterocycles. The molecule has 7 nitrogen and oxygen atoms in total.